The Labute approximate surface area is 129 Å². The molecule has 1 amide bonds. The highest BCUT2D eigenvalue weighted by molar-refractivity contribution is 5.97. The lowest BCUT2D eigenvalue weighted by Crippen LogP contribution is -2.36. The van der Waals surface area contributed by atoms with Crippen LogP contribution in [0.3, 0.4) is 0 Å². The Morgan fingerprint density at radius 2 is 2.05 bits per heavy atom. The number of fused-ring (bicyclic) bond motifs is 1. The summed E-state index contributed by atoms with van der Waals surface area (Å²) in [5, 5.41) is 8.86. The Bertz CT molecular complexity index is 612. The van der Waals surface area contributed by atoms with Crippen molar-refractivity contribution in [1.82, 2.24) is 0 Å². The van der Waals surface area contributed by atoms with Crippen LogP contribution in [0.4, 0.5) is 11.4 Å². The number of aliphatic carboxylic acids is 1. The van der Waals surface area contributed by atoms with Crippen molar-refractivity contribution in [3.05, 3.63) is 23.8 Å². The predicted molar refractivity (Wildman–Crippen MR) is 83.3 cm³/mol. The number of benzene rings is 1. The summed E-state index contributed by atoms with van der Waals surface area (Å²) in [5.74, 6) is -0.809. The van der Waals surface area contributed by atoms with Gasteiger partial charge in [-0.05, 0) is 37.1 Å². The number of hydrogen-bond donors (Lipinski definition) is 1. The van der Waals surface area contributed by atoms with Gasteiger partial charge < -0.3 is 14.9 Å². The summed E-state index contributed by atoms with van der Waals surface area (Å²) in [6.07, 6.45) is 1.39. The monoisotopic (exact) mass is 304 g/mol. The number of anilines is 2. The van der Waals surface area contributed by atoms with Gasteiger partial charge in [0.05, 0.1) is 0 Å². The highest BCUT2D eigenvalue weighted by Gasteiger charge is 2.24. The van der Waals surface area contributed by atoms with Crippen LogP contribution in [0.5, 0.6) is 0 Å². The lowest BCUT2D eigenvalue weighted by Gasteiger charge is -2.30. The van der Waals surface area contributed by atoms with Crippen molar-refractivity contribution in [3.63, 3.8) is 0 Å². The maximum absolute atomic E-state index is 12.1. The van der Waals surface area contributed by atoms with Gasteiger partial charge in [-0.15, -0.1) is 0 Å². The maximum atomic E-state index is 12.1. The topological polar surface area (TPSA) is 77.9 Å². The van der Waals surface area contributed by atoms with E-state index in [9.17, 15) is 14.4 Å². The molecule has 1 aromatic rings. The number of likely N-dealkylation sites (N-methyl/N-ethyl adjacent to an activating group) is 1. The molecule has 0 saturated carbocycles. The normalized spacial score (nSPS) is 13.7. The number of carboxylic acids is 1. The van der Waals surface area contributed by atoms with E-state index < -0.39 is 5.97 Å². The Balaban J connectivity index is 2.24. The molecule has 118 valence electrons. The van der Waals surface area contributed by atoms with Gasteiger partial charge in [-0.1, -0.05) is 0 Å². The first kappa shape index (κ1) is 16.0. The fourth-order valence-corrected chi connectivity index (χ4v) is 2.59. The largest absolute Gasteiger partial charge is 0.480 e. The number of rotatable bonds is 6. The summed E-state index contributed by atoms with van der Waals surface area (Å²) < 4.78 is 0. The zero-order chi connectivity index (χ0) is 16.3. The summed E-state index contributed by atoms with van der Waals surface area (Å²) in [7, 11) is 1.72. The zero-order valence-corrected chi connectivity index (χ0v) is 12.8. The first-order chi connectivity index (χ1) is 10.4. The molecule has 22 heavy (non-hydrogen) atoms. The van der Waals surface area contributed by atoms with Gasteiger partial charge in [0.1, 0.15) is 12.3 Å². The molecule has 0 bridgehead atoms. The van der Waals surface area contributed by atoms with Crippen LogP contribution >= 0.6 is 0 Å². The summed E-state index contributed by atoms with van der Waals surface area (Å²) in [6, 6.07) is 5.56. The molecule has 6 nitrogen and oxygen atoms in total. The van der Waals surface area contributed by atoms with Crippen molar-refractivity contribution >= 4 is 29.0 Å². The minimum absolute atomic E-state index is 0.0281. The molecule has 0 aromatic heterocycles. The minimum atomic E-state index is -0.890. The second-order valence-electron chi connectivity index (χ2n) is 5.56. The molecule has 0 atom stereocenters. The van der Waals surface area contributed by atoms with E-state index in [1.54, 1.807) is 22.9 Å². The molecule has 1 N–H and O–H groups in total. The Morgan fingerprint density at radius 3 is 2.68 bits per heavy atom. The molecule has 0 radical (unpaired) electrons. The van der Waals surface area contributed by atoms with Crippen molar-refractivity contribution < 1.29 is 19.5 Å². The molecule has 6 heteroatoms. The molecule has 1 heterocycles. The first-order valence-corrected chi connectivity index (χ1v) is 7.24. The molecule has 0 fully saturated rings. The van der Waals surface area contributed by atoms with Crippen molar-refractivity contribution in [2.45, 2.75) is 26.2 Å². The molecule has 1 aromatic carbocycles. The van der Waals surface area contributed by atoms with Gasteiger partial charge >= 0.3 is 5.97 Å². The molecule has 0 aliphatic carbocycles. The molecule has 0 spiro atoms. The smallest absolute Gasteiger partial charge is 0.323 e. The lowest BCUT2D eigenvalue weighted by atomic mass is 9.99. The average molecular weight is 304 g/mol. The maximum Gasteiger partial charge on any atom is 0.323 e. The standard InChI is InChI=1S/C16H20N2O4/c1-11(19)7-8-18-14-5-4-13(17(2)10-16(21)22)9-12(14)3-6-15(18)20/h4-5,9H,3,6-8,10H2,1-2H3,(H,21,22). The molecule has 1 aliphatic heterocycles. The summed E-state index contributed by atoms with van der Waals surface area (Å²) in [4.78, 5) is 37.3. The number of nitrogens with zero attached hydrogens (tertiary/aromatic N) is 2. The van der Waals surface area contributed by atoms with Crippen molar-refractivity contribution in [1.29, 1.82) is 0 Å². The average Bonchev–Trinajstić information content (AvgIpc) is 2.44. The van der Waals surface area contributed by atoms with E-state index in [0.29, 0.717) is 25.8 Å². The summed E-state index contributed by atoms with van der Waals surface area (Å²) in [6.45, 7) is 1.83. The van der Waals surface area contributed by atoms with Crippen LogP contribution in [-0.2, 0) is 20.8 Å². The molecule has 1 aliphatic rings. The summed E-state index contributed by atoms with van der Waals surface area (Å²) in [5.41, 5.74) is 2.64. The number of Topliss-reactive ketones (excluding diaryl/α,β-unsaturated/α-hetero) is 1. The van der Waals surface area contributed by atoms with Crippen LogP contribution in [0.2, 0.25) is 0 Å². The van der Waals surface area contributed by atoms with Crippen LogP contribution in [-0.4, -0.2) is 42.9 Å². The minimum Gasteiger partial charge on any atom is -0.480 e. The summed E-state index contributed by atoms with van der Waals surface area (Å²) >= 11 is 0. The van der Waals surface area contributed by atoms with Crippen molar-refractivity contribution in [3.8, 4) is 0 Å². The molecule has 2 rings (SSSR count). The number of carbonyl (C=O) groups is 3. The third-order valence-electron chi connectivity index (χ3n) is 3.76. The third-order valence-corrected chi connectivity index (χ3v) is 3.76. The highest BCUT2D eigenvalue weighted by atomic mass is 16.4. The van der Waals surface area contributed by atoms with Crippen LogP contribution in [0.1, 0.15) is 25.3 Å². The number of aryl methyl sites for hydroxylation is 1. The predicted octanol–water partition coefficient (Wildman–Crippen LogP) is 1.47. The third kappa shape index (κ3) is 3.63. The van der Waals surface area contributed by atoms with Gasteiger partial charge in [0.2, 0.25) is 5.91 Å². The molecule has 0 saturated heterocycles. The van der Waals surface area contributed by atoms with E-state index in [-0.39, 0.29) is 18.2 Å². The fraction of sp³-hybridized carbons (Fsp3) is 0.438. The second-order valence-corrected chi connectivity index (χ2v) is 5.56. The van der Waals surface area contributed by atoms with Gasteiger partial charge in [-0.25, -0.2) is 0 Å². The lowest BCUT2D eigenvalue weighted by molar-refractivity contribution is -0.135. The van der Waals surface area contributed by atoms with E-state index in [2.05, 4.69) is 0 Å². The van der Waals surface area contributed by atoms with Gasteiger partial charge in [0.25, 0.3) is 0 Å². The van der Waals surface area contributed by atoms with E-state index in [1.807, 2.05) is 12.1 Å². The Hall–Kier alpha value is -2.37. The van der Waals surface area contributed by atoms with Crippen molar-refractivity contribution in [2.75, 3.05) is 29.9 Å². The molecular weight excluding hydrogens is 284 g/mol. The first-order valence-electron chi connectivity index (χ1n) is 7.24. The second kappa shape index (κ2) is 6.60. The Morgan fingerprint density at radius 1 is 1.32 bits per heavy atom. The Kier molecular flexibility index (Phi) is 4.80. The van der Waals surface area contributed by atoms with Gasteiger partial charge in [-0.2, -0.15) is 0 Å². The van der Waals surface area contributed by atoms with Crippen LogP contribution in [0.25, 0.3) is 0 Å². The zero-order valence-electron chi connectivity index (χ0n) is 12.8. The van der Waals surface area contributed by atoms with E-state index in [1.165, 1.54) is 6.92 Å². The van der Waals surface area contributed by atoms with E-state index in [4.69, 9.17) is 5.11 Å². The molecule has 0 unspecified atom stereocenters. The highest BCUT2D eigenvalue weighted by Crippen LogP contribution is 2.31. The molecular formula is C16H20N2O4. The fourth-order valence-electron chi connectivity index (χ4n) is 2.59. The van der Waals surface area contributed by atoms with Gasteiger partial charge in [0.15, 0.2) is 0 Å². The number of ketones is 1. The van der Waals surface area contributed by atoms with Gasteiger partial charge in [-0.3, -0.25) is 14.4 Å². The number of carbonyl (C=O) groups excluding carboxylic acids is 2. The van der Waals surface area contributed by atoms with Crippen LogP contribution in [0, 0.1) is 0 Å². The van der Waals surface area contributed by atoms with E-state index in [0.717, 1.165) is 16.9 Å². The van der Waals surface area contributed by atoms with Crippen molar-refractivity contribution in [2.24, 2.45) is 0 Å². The SMILES string of the molecule is CC(=O)CCN1C(=O)CCc2cc(N(C)CC(=O)O)ccc21. The number of hydrogen-bond acceptors (Lipinski definition) is 4. The van der Waals surface area contributed by atoms with Gasteiger partial charge in [0, 0.05) is 37.8 Å². The van der Waals surface area contributed by atoms with E-state index >= 15 is 0 Å². The number of amides is 1. The number of carboxylic acid groups (broad SMARTS) is 1. The van der Waals surface area contributed by atoms with Crippen LogP contribution in [0.15, 0.2) is 18.2 Å². The van der Waals surface area contributed by atoms with Crippen LogP contribution < -0.4 is 9.80 Å². The quantitative estimate of drug-likeness (QED) is 0.861.